The highest BCUT2D eigenvalue weighted by Gasteiger charge is 2.21. The average Bonchev–Trinajstić information content (AvgIpc) is 2.02. The van der Waals surface area contributed by atoms with Crippen molar-refractivity contribution in [1.29, 1.82) is 5.26 Å². The van der Waals surface area contributed by atoms with Crippen LogP contribution in [0.2, 0.25) is 0 Å². The Labute approximate surface area is 67.7 Å². The second-order valence-electron chi connectivity index (χ2n) is 2.55. The van der Waals surface area contributed by atoms with Crippen LogP contribution in [-0.4, -0.2) is 25.8 Å². The summed E-state index contributed by atoms with van der Waals surface area (Å²) in [5.41, 5.74) is -0.594. The summed E-state index contributed by atoms with van der Waals surface area (Å²) >= 11 is 0. The predicted molar refractivity (Wildman–Crippen MR) is 44.1 cm³/mol. The fourth-order valence-electron chi connectivity index (χ4n) is 0.709. The van der Waals surface area contributed by atoms with E-state index >= 15 is 0 Å². The van der Waals surface area contributed by atoms with Crippen molar-refractivity contribution < 1.29 is 4.74 Å². The third-order valence-electron chi connectivity index (χ3n) is 1.32. The Hall–Kier alpha value is -0.850. The van der Waals surface area contributed by atoms with E-state index in [1.54, 1.807) is 20.1 Å². The van der Waals surface area contributed by atoms with Gasteiger partial charge in [0.15, 0.2) is 0 Å². The number of hydrogen-bond donors (Lipinski definition) is 1. The first-order valence-corrected chi connectivity index (χ1v) is 3.44. The third-order valence-corrected chi connectivity index (χ3v) is 1.32. The lowest BCUT2D eigenvalue weighted by Gasteiger charge is -2.20. The lowest BCUT2D eigenvalue weighted by atomic mass is 10.1. The molecule has 0 spiro atoms. The molecule has 1 unspecified atom stereocenters. The van der Waals surface area contributed by atoms with Gasteiger partial charge in [0.05, 0.1) is 12.7 Å². The zero-order valence-electron chi connectivity index (χ0n) is 7.05. The molecule has 1 N–H and O–H groups in total. The monoisotopic (exact) mass is 154 g/mol. The van der Waals surface area contributed by atoms with Gasteiger partial charge in [-0.2, -0.15) is 5.26 Å². The smallest absolute Gasteiger partial charge is 0.127 e. The lowest BCUT2D eigenvalue weighted by molar-refractivity contribution is 0.148. The maximum atomic E-state index is 8.72. The average molecular weight is 154 g/mol. The molecule has 0 aromatic carbocycles. The van der Waals surface area contributed by atoms with Crippen LogP contribution in [0, 0.1) is 11.3 Å². The number of nitriles is 1. The van der Waals surface area contributed by atoms with Crippen LogP contribution in [0.4, 0.5) is 0 Å². The van der Waals surface area contributed by atoms with E-state index in [0.29, 0.717) is 13.2 Å². The molecule has 3 heteroatoms. The van der Waals surface area contributed by atoms with Crippen LogP contribution in [0.25, 0.3) is 0 Å². The van der Waals surface area contributed by atoms with Crippen molar-refractivity contribution in [2.75, 3.05) is 20.3 Å². The summed E-state index contributed by atoms with van der Waals surface area (Å²) < 4.78 is 4.88. The van der Waals surface area contributed by atoms with Crippen molar-refractivity contribution in [3.63, 3.8) is 0 Å². The topological polar surface area (TPSA) is 45.0 Å². The van der Waals surface area contributed by atoms with Crippen LogP contribution in [0.5, 0.6) is 0 Å². The molecule has 0 saturated heterocycles. The number of methoxy groups -OCH3 is 1. The highest BCUT2D eigenvalue weighted by molar-refractivity contribution is 5.04. The molecular weight excluding hydrogens is 140 g/mol. The van der Waals surface area contributed by atoms with E-state index in [1.807, 2.05) is 0 Å². The molecule has 0 amide bonds. The van der Waals surface area contributed by atoms with Gasteiger partial charge in [0.2, 0.25) is 0 Å². The molecule has 0 rings (SSSR count). The molecule has 11 heavy (non-hydrogen) atoms. The van der Waals surface area contributed by atoms with Crippen molar-refractivity contribution >= 4 is 0 Å². The van der Waals surface area contributed by atoms with Crippen molar-refractivity contribution in [2.45, 2.75) is 12.5 Å². The Morgan fingerprint density at radius 2 is 2.45 bits per heavy atom. The van der Waals surface area contributed by atoms with Gasteiger partial charge in [-0.3, -0.25) is 5.32 Å². The summed E-state index contributed by atoms with van der Waals surface area (Å²) in [6.07, 6.45) is 1.71. The normalized spacial score (nSPS) is 15.0. The highest BCUT2D eigenvalue weighted by atomic mass is 16.5. The van der Waals surface area contributed by atoms with Crippen molar-refractivity contribution in [1.82, 2.24) is 5.32 Å². The standard InChI is InChI=1S/C8H14N2O/c1-4-5-10-8(2,6-9)7-11-3/h4,10H,1,5,7H2,2-3H3. The zero-order chi connectivity index (χ0) is 8.74. The van der Waals surface area contributed by atoms with Crippen LogP contribution in [0.1, 0.15) is 6.92 Å². The number of hydrogen-bond acceptors (Lipinski definition) is 3. The SMILES string of the molecule is C=CCNC(C)(C#N)COC. The third kappa shape index (κ3) is 3.76. The summed E-state index contributed by atoms with van der Waals surface area (Å²) in [6.45, 7) is 6.34. The van der Waals surface area contributed by atoms with E-state index in [9.17, 15) is 0 Å². The van der Waals surface area contributed by atoms with E-state index in [0.717, 1.165) is 0 Å². The fraction of sp³-hybridized carbons (Fsp3) is 0.625. The lowest BCUT2D eigenvalue weighted by Crippen LogP contribution is -2.44. The Kier molecular flexibility index (Phi) is 4.51. The quantitative estimate of drug-likeness (QED) is 0.592. The number of nitrogens with zero attached hydrogens (tertiary/aromatic N) is 1. The molecule has 3 nitrogen and oxygen atoms in total. The minimum absolute atomic E-state index is 0.386. The summed E-state index contributed by atoms with van der Waals surface area (Å²) in [4.78, 5) is 0. The van der Waals surface area contributed by atoms with Gasteiger partial charge >= 0.3 is 0 Å². The summed E-state index contributed by atoms with van der Waals surface area (Å²) in [5, 5.41) is 11.7. The summed E-state index contributed by atoms with van der Waals surface area (Å²) in [6, 6.07) is 2.13. The number of nitrogens with one attached hydrogen (secondary N) is 1. The molecule has 0 aromatic heterocycles. The molecule has 0 aliphatic carbocycles. The van der Waals surface area contributed by atoms with Crippen LogP contribution >= 0.6 is 0 Å². The predicted octanol–water partition coefficient (Wildman–Crippen LogP) is 0.691. The number of ether oxygens (including phenoxy) is 1. The van der Waals surface area contributed by atoms with Crippen molar-refractivity contribution in [3.8, 4) is 6.07 Å². The number of rotatable bonds is 5. The van der Waals surface area contributed by atoms with Gasteiger partial charge in [0.25, 0.3) is 0 Å². The van der Waals surface area contributed by atoms with E-state index in [-0.39, 0.29) is 0 Å². The zero-order valence-corrected chi connectivity index (χ0v) is 7.05. The van der Waals surface area contributed by atoms with Gasteiger partial charge in [-0.15, -0.1) is 6.58 Å². The Morgan fingerprint density at radius 1 is 1.82 bits per heavy atom. The van der Waals surface area contributed by atoms with Gasteiger partial charge in [-0.1, -0.05) is 6.08 Å². The van der Waals surface area contributed by atoms with Crippen molar-refractivity contribution in [2.24, 2.45) is 0 Å². The van der Waals surface area contributed by atoms with Crippen LogP contribution in [0.3, 0.4) is 0 Å². The maximum absolute atomic E-state index is 8.72. The molecular formula is C8H14N2O. The van der Waals surface area contributed by atoms with Gasteiger partial charge < -0.3 is 4.74 Å². The molecule has 62 valence electrons. The minimum atomic E-state index is -0.594. The molecule has 0 aliphatic heterocycles. The Morgan fingerprint density at radius 3 is 2.82 bits per heavy atom. The first-order valence-electron chi connectivity index (χ1n) is 3.44. The molecule has 1 atom stereocenters. The van der Waals surface area contributed by atoms with E-state index in [2.05, 4.69) is 18.0 Å². The van der Waals surface area contributed by atoms with Crippen LogP contribution in [0.15, 0.2) is 12.7 Å². The summed E-state index contributed by atoms with van der Waals surface area (Å²) in [7, 11) is 1.57. The molecule has 0 heterocycles. The van der Waals surface area contributed by atoms with Gasteiger partial charge in [0, 0.05) is 13.7 Å². The summed E-state index contributed by atoms with van der Waals surface area (Å²) in [5.74, 6) is 0. The first kappa shape index (κ1) is 10.2. The minimum Gasteiger partial charge on any atom is -0.382 e. The van der Waals surface area contributed by atoms with Gasteiger partial charge in [-0.25, -0.2) is 0 Å². The molecule has 0 bridgehead atoms. The van der Waals surface area contributed by atoms with E-state index in [1.165, 1.54) is 0 Å². The molecule has 0 saturated carbocycles. The molecule has 0 aliphatic rings. The first-order chi connectivity index (χ1) is 5.18. The van der Waals surface area contributed by atoms with E-state index < -0.39 is 5.54 Å². The fourth-order valence-corrected chi connectivity index (χ4v) is 0.709. The molecule has 0 fully saturated rings. The van der Waals surface area contributed by atoms with Crippen LogP contribution < -0.4 is 5.32 Å². The largest absolute Gasteiger partial charge is 0.382 e. The van der Waals surface area contributed by atoms with E-state index in [4.69, 9.17) is 10.00 Å². The second-order valence-corrected chi connectivity index (χ2v) is 2.55. The van der Waals surface area contributed by atoms with Gasteiger partial charge in [-0.05, 0) is 6.92 Å². The van der Waals surface area contributed by atoms with Gasteiger partial charge in [0.1, 0.15) is 5.54 Å². The van der Waals surface area contributed by atoms with Crippen LogP contribution in [-0.2, 0) is 4.74 Å². The molecule has 0 radical (unpaired) electrons. The molecule has 0 aromatic rings. The highest BCUT2D eigenvalue weighted by Crippen LogP contribution is 2.00. The maximum Gasteiger partial charge on any atom is 0.127 e. The Bertz CT molecular complexity index is 162. The Balaban J connectivity index is 3.90. The van der Waals surface area contributed by atoms with Crippen molar-refractivity contribution in [3.05, 3.63) is 12.7 Å². The second kappa shape index (κ2) is 4.89.